The van der Waals surface area contributed by atoms with Crippen LogP contribution in [0.4, 0.5) is 5.69 Å². The second-order valence-electron chi connectivity index (χ2n) is 3.26. The maximum absolute atomic E-state index is 3.42. The molecule has 0 aliphatic carbocycles. The van der Waals surface area contributed by atoms with E-state index in [4.69, 9.17) is 0 Å². The molecule has 0 unspecified atom stereocenters. The first-order chi connectivity index (χ1) is 6.24. The molecule has 1 atom stereocenters. The number of nitrogens with one attached hydrogen (secondary N) is 1. The summed E-state index contributed by atoms with van der Waals surface area (Å²) in [6.45, 7) is 6.38. The van der Waals surface area contributed by atoms with E-state index in [0.29, 0.717) is 6.04 Å². The largest absolute Gasteiger partial charge is 0.379 e. The van der Waals surface area contributed by atoms with E-state index in [1.165, 1.54) is 11.3 Å². The third-order valence-corrected chi connectivity index (χ3v) is 2.30. The molecule has 1 N–H and O–H groups in total. The fraction of sp³-hybridized carbons (Fsp3) is 0.333. The monoisotopic (exact) mass is 175 g/mol. The van der Waals surface area contributed by atoms with Crippen LogP contribution in [-0.4, -0.2) is 6.04 Å². The molecule has 1 heteroatoms. The van der Waals surface area contributed by atoms with Gasteiger partial charge in [-0.3, -0.25) is 0 Å². The summed E-state index contributed by atoms with van der Waals surface area (Å²) in [4.78, 5) is 0. The zero-order chi connectivity index (χ0) is 9.68. The summed E-state index contributed by atoms with van der Waals surface area (Å²) >= 11 is 0. The molecule has 0 spiro atoms. The minimum atomic E-state index is 0.410. The summed E-state index contributed by atoms with van der Waals surface area (Å²) in [5, 5.41) is 3.42. The lowest BCUT2D eigenvalue weighted by atomic mass is 10.1. The minimum absolute atomic E-state index is 0.410. The normalized spacial score (nSPS) is 13.9. The van der Waals surface area contributed by atoms with Crippen molar-refractivity contribution in [3.63, 3.8) is 0 Å². The quantitative estimate of drug-likeness (QED) is 0.694. The summed E-state index contributed by atoms with van der Waals surface area (Å²) in [6.07, 6.45) is 2.14. The standard InChI is InChI=1S/C12H17N/c1-4-10(2)11(3)13-12-8-6-5-7-9-12/h4-9,11,13H,1-3H3/b10-4+/t11-/m0/s1. The molecule has 0 heterocycles. The van der Waals surface area contributed by atoms with Crippen molar-refractivity contribution in [2.45, 2.75) is 26.8 Å². The Morgan fingerprint density at radius 1 is 1.31 bits per heavy atom. The Morgan fingerprint density at radius 3 is 2.46 bits per heavy atom. The zero-order valence-electron chi connectivity index (χ0n) is 8.54. The Balaban J connectivity index is 2.60. The molecule has 0 aliphatic rings. The first-order valence-electron chi connectivity index (χ1n) is 4.68. The fourth-order valence-corrected chi connectivity index (χ4v) is 1.15. The second-order valence-corrected chi connectivity index (χ2v) is 3.26. The van der Waals surface area contributed by atoms with Crippen LogP contribution in [0.25, 0.3) is 0 Å². The fourth-order valence-electron chi connectivity index (χ4n) is 1.15. The molecule has 70 valence electrons. The Morgan fingerprint density at radius 2 is 1.92 bits per heavy atom. The van der Waals surface area contributed by atoms with Gasteiger partial charge in [-0.2, -0.15) is 0 Å². The van der Waals surface area contributed by atoms with Crippen LogP contribution in [0.2, 0.25) is 0 Å². The van der Waals surface area contributed by atoms with Gasteiger partial charge in [0.1, 0.15) is 0 Å². The lowest BCUT2D eigenvalue weighted by Gasteiger charge is -2.15. The van der Waals surface area contributed by atoms with Crippen molar-refractivity contribution in [2.75, 3.05) is 5.32 Å². The molecular weight excluding hydrogens is 158 g/mol. The third-order valence-electron chi connectivity index (χ3n) is 2.30. The van der Waals surface area contributed by atoms with Crippen LogP contribution in [0.15, 0.2) is 42.0 Å². The number of anilines is 1. The molecule has 0 radical (unpaired) electrons. The smallest absolute Gasteiger partial charge is 0.0442 e. The summed E-state index contributed by atoms with van der Waals surface area (Å²) in [5.41, 5.74) is 2.54. The SMILES string of the molecule is C/C=C(\C)[C@H](C)Nc1ccccc1. The molecule has 13 heavy (non-hydrogen) atoms. The van der Waals surface area contributed by atoms with Gasteiger partial charge in [-0.15, -0.1) is 0 Å². The van der Waals surface area contributed by atoms with Crippen LogP contribution in [0.1, 0.15) is 20.8 Å². The van der Waals surface area contributed by atoms with Crippen molar-refractivity contribution in [1.82, 2.24) is 0 Å². The zero-order valence-corrected chi connectivity index (χ0v) is 8.54. The van der Waals surface area contributed by atoms with Crippen molar-refractivity contribution in [2.24, 2.45) is 0 Å². The molecule has 0 bridgehead atoms. The van der Waals surface area contributed by atoms with Crippen LogP contribution >= 0.6 is 0 Å². The van der Waals surface area contributed by atoms with Crippen LogP contribution in [0.5, 0.6) is 0 Å². The van der Waals surface area contributed by atoms with Gasteiger partial charge in [0.25, 0.3) is 0 Å². The highest BCUT2D eigenvalue weighted by molar-refractivity contribution is 5.44. The van der Waals surface area contributed by atoms with Crippen molar-refractivity contribution in [3.05, 3.63) is 42.0 Å². The van der Waals surface area contributed by atoms with Gasteiger partial charge in [0.05, 0.1) is 0 Å². The maximum Gasteiger partial charge on any atom is 0.0442 e. The number of hydrogen-bond donors (Lipinski definition) is 1. The maximum atomic E-state index is 3.42. The molecule has 1 rings (SSSR count). The van der Waals surface area contributed by atoms with Gasteiger partial charge < -0.3 is 5.32 Å². The molecule has 0 saturated carbocycles. The summed E-state index contributed by atoms with van der Waals surface area (Å²) < 4.78 is 0. The van der Waals surface area contributed by atoms with E-state index in [9.17, 15) is 0 Å². The highest BCUT2D eigenvalue weighted by Crippen LogP contribution is 2.10. The van der Waals surface area contributed by atoms with Crippen molar-refractivity contribution >= 4 is 5.69 Å². The molecule has 1 nitrogen and oxygen atoms in total. The van der Waals surface area contributed by atoms with E-state index < -0.39 is 0 Å². The molecule has 0 fully saturated rings. The third kappa shape index (κ3) is 2.94. The minimum Gasteiger partial charge on any atom is -0.379 e. The van der Waals surface area contributed by atoms with Gasteiger partial charge in [-0.05, 0) is 32.9 Å². The number of rotatable bonds is 3. The summed E-state index contributed by atoms with van der Waals surface area (Å²) in [6, 6.07) is 10.7. The Bertz CT molecular complexity index is 274. The molecular formula is C12H17N. The summed E-state index contributed by atoms with van der Waals surface area (Å²) in [5.74, 6) is 0. The van der Waals surface area contributed by atoms with Crippen LogP contribution in [0, 0.1) is 0 Å². The molecule has 0 amide bonds. The Labute approximate surface area is 80.5 Å². The predicted molar refractivity (Wildman–Crippen MR) is 59.0 cm³/mol. The first kappa shape index (κ1) is 9.85. The molecule has 0 saturated heterocycles. The number of para-hydroxylation sites is 1. The van der Waals surface area contributed by atoms with Gasteiger partial charge in [-0.1, -0.05) is 29.8 Å². The van der Waals surface area contributed by atoms with Crippen LogP contribution in [-0.2, 0) is 0 Å². The van der Waals surface area contributed by atoms with Gasteiger partial charge in [0.2, 0.25) is 0 Å². The van der Waals surface area contributed by atoms with Crippen molar-refractivity contribution < 1.29 is 0 Å². The van der Waals surface area contributed by atoms with Gasteiger partial charge in [0.15, 0.2) is 0 Å². The van der Waals surface area contributed by atoms with E-state index in [1.54, 1.807) is 0 Å². The average molecular weight is 175 g/mol. The van der Waals surface area contributed by atoms with E-state index in [-0.39, 0.29) is 0 Å². The summed E-state index contributed by atoms with van der Waals surface area (Å²) in [7, 11) is 0. The first-order valence-corrected chi connectivity index (χ1v) is 4.68. The van der Waals surface area contributed by atoms with Gasteiger partial charge in [0, 0.05) is 11.7 Å². The molecule has 1 aromatic rings. The van der Waals surface area contributed by atoms with Crippen LogP contribution < -0.4 is 5.32 Å². The Kier molecular flexibility index (Phi) is 3.56. The van der Waals surface area contributed by atoms with Gasteiger partial charge in [-0.25, -0.2) is 0 Å². The number of allylic oxidation sites excluding steroid dienone is 1. The van der Waals surface area contributed by atoms with E-state index >= 15 is 0 Å². The molecule has 0 aromatic heterocycles. The van der Waals surface area contributed by atoms with Gasteiger partial charge >= 0.3 is 0 Å². The molecule has 1 aromatic carbocycles. The lowest BCUT2D eigenvalue weighted by molar-refractivity contribution is 0.920. The Hall–Kier alpha value is -1.24. The van der Waals surface area contributed by atoms with E-state index in [2.05, 4.69) is 44.3 Å². The molecule has 0 aliphatic heterocycles. The second kappa shape index (κ2) is 4.70. The van der Waals surface area contributed by atoms with E-state index in [1.807, 2.05) is 18.2 Å². The lowest BCUT2D eigenvalue weighted by Crippen LogP contribution is -2.15. The topological polar surface area (TPSA) is 12.0 Å². The number of hydrogen-bond acceptors (Lipinski definition) is 1. The van der Waals surface area contributed by atoms with Crippen molar-refractivity contribution in [3.8, 4) is 0 Å². The average Bonchev–Trinajstić information content (AvgIpc) is 2.18. The highest BCUT2D eigenvalue weighted by atomic mass is 14.9. The number of benzene rings is 1. The predicted octanol–water partition coefficient (Wildman–Crippen LogP) is 3.45. The highest BCUT2D eigenvalue weighted by Gasteiger charge is 2.01. The van der Waals surface area contributed by atoms with E-state index in [0.717, 1.165) is 0 Å². The van der Waals surface area contributed by atoms with Crippen LogP contribution in [0.3, 0.4) is 0 Å². The van der Waals surface area contributed by atoms with Crippen molar-refractivity contribution in [1.29, 1.82) is 0 Å².